The Morgan fingerprint density at radius 1 is 0.168 bits per heavy atom. The predicted octanol–water partition coefficient (Wildman–Crippen LogP) is 24.5. The van der Waals surface area contributed by atoms with Crippen molar-refractivity contribution in [1.29, 1.82) is 0 Å². The molecule has 0 saturated heterocycles. The van der Waals surface area contributed by atoms with Crippen LogP contribution in [0.3, 0.4) is 0 Å². The highest BCUT2D eigenvalue weighted by molar-refractivity contribution is 7.23. The van der Waals surface area contributed by atoms with E-state index >= 15 is 0 Å². The molecule has 0 radical (unpaired) electrons. The van der Waals surface area contributed by atoms with Crippen molar-refractivity contribution in [3.05, 3.63) is 501 Å². The summed E-state index contributed by atoms with van der Waals surface area (Å²) in [5.74, 6) is 0. The zero-order valence-corrected chi connectivity index (χ0v) is 82.2. The van der Waals surface area contributed by atoms with Gasteiger partial charge in [-0.1, -0.05) is 481 Å². The summed E-state index contributed by atoms with van der Waals surface area (Å²) in [7, 11) is -6.78. The zero-order valence-electron chi connectivity index (χ0n) is 79.2. The van der Waals surface area contributed by atoms with Gasteiger partial charge < -0.3 is 0 Å². The van der Waals surface area contributed by atoms with Gasteiger partial charge in [-0.05, 0) is 266 Å². The van der Waals surface area contributed by atoms with Crippen LogP contribution in [0.4, 0.5) is 0 Å². The summed E-state index contributed by atoms with van der Waals surface area (Å²) in [6.07, 6.45) is 0. The molecular weight excluding hydrogens is 1620 g/mol. The maximum atomic E-state index is 2.43. The fourth-order valence-electron chi connectivity index (χ4n) is 24.1. The number of aryl methyl sites for hydroxylation is 9. The molecule has 6 aliphatic rings. The van der Waals surface area contributed by atoms with Crippen molar-refractivity contribution >= 4 is 86.5 Å². The third-order valence-corrected chi connectivity index (χ3v) is 44.7. The fraction of sp³-hybridized carbons (Fsp3) is 0.156. The van der Waals surface area contributed by atoms with Crippen LogP contribution in [0.15, 0.2) is 406 Å². The van der Waals surface area contributed by atoms with Gasteiger partial charge in [-0.15, -0.1) is 0 Å². The molecule has 0 unspecified atom stereocenters. The van der Waals surface area contributed by atoms with E-state index in [1.807, 2.05) is 0 Å². The van der Waals surface area contributed by atoms with Crippen molar-refractivity contribution in [1.82, 2.24) is 0 Å². The van der Waals surface area contributed by atoms with Crippen LogP contribution in [0.1, 0.15) is 136 Å². The molecule has 0 atom stereocenters. The van der Waals surface area contributed by atoms with Gasteiger partial charge in [-0.25, -0.2) is 0 Å². The van der Waals surface area contributed by atoms with Gasteiger partial charge in [0, 0.05) is 16.2 Å². The van der Waals surface area contributed by atoms with Crippen LogP contribution < -0.4 is 62.2 Å². The minimum Gasteiger partial charge on any atom is -0.0623 e. The first-order chi connectivity index (χ1) is 63.3. The van der Waals surface area contributed by atoms with Crippen LogP contribution in [0.2, 0.25) is 0 Å². The van der Waals surface area contributed by atoms with Crippen LogP contribution in [0, 0.1) is 76.2 Å². The average molecular weight is 1740 g/mol. The van der Waals surface area contributed by atoms with Gasteiger partial charge in [0.1, 0.15) is 0 Å². The summed E-state index contributed by atoms with van der Waals surface area (Å²) >= 11 is 0. The molecule has 3 heteroatoms. The first kappa shape index (κ1) is 87.0. The largest absolute Gasteiger partial charge is 0.181 e. The Morgan fingerprint density at radius 3 is 1.03 bits per heavy atom. The SMILES string of the molecule is Cc1cc(C)c2c(c1)-c1ccc(C)cc1C2(C)C.Cc1cc(C)c2c(c1)C(C)(C)c1ccccc1-2.Cc1cc2c(c(C)c1C)C(C)(C)c1ccccc1-2.Cc1ccc2c(c1)-c1ccccc1[Si]2(c1ccccc1)c1ccccc1.Cc1ccc2c(c1)[Si](c1ccccc1)(c1ccccc1)c1ccccc1-2.Cc1cccc2c1[Si](c1ccccc1)(c1ccccc1)c1ccccc1-2. The molecule has 642 valence electrons. The minimum absolute atomic E-state index is 0.133. The first-order valence-electron chi connectivity index (χ1n) is 46.9. The quantitative estimate of drug-likeness (QED) is 0.146. The summed E-state index contributed by atoms with van der Waals surface area (Å²) in [6, 6.07) is 151. The molecule has 18 aromatic rings. The molecule has 0 amide bonds. The van der Waals surface area contributed by atoms with Gasteiger partial charge in [0.15, 0.2) is 24.2 Å². The molecule has 131 heavy (non-hydrogen) atoms. The highest BCUT2D eigenvalue weighted by Crippen LogP contribution is 2.54. The van der Waals surface area contributed by atoms with E-state index in [1.165, 1.54) is 218 Å². The molecule has 24 rings (SSSR count). The van der Waals surface area contributed by atoms with E-state index in [4.69, 9.17) is 0 Å². The summed E-state index contributed by atoms with van der Waals surface area (Å²) in [6.45, 7) is 38.5. The lowest BCUT2D eigenvalue weighted by molar-refractivity contribution is 0.654. The number of hydrogen-bond acceptors (Lipinski definition) is 0. The van der Waals surface area contributed by atoms with Gasteiger partial charge in [0.25, 0.3) is 0 Å². The molecule has 3 aliphatic carbocycles. The number of hydrogen-bond donors (Lipinski definition) is 0. The summed E-state index contributed by atoms with van der Waals surface area (Å²) < 4.78 is 0. The fourth-order valence-corrected chi connectivity index (χ4v) is 40.0. The van der Waals surface area contributed by atoms with Crippen LogP contribution in [0.5, 0.6) is 0 Å². The van der Waals surface area contributed by atoms with Gasteiger partial charge in [-0.3, -0.25) is 0 Å². The molecule has 0 spiro atoms. The van der Waals surface area contributed by atoms with Crippen LogP contribution in [-0.4, -0.2) is 24.2 Å². The third-order valence-electron chi connectivity index (χ3n) is 29.9. The van der Waals surface area contributed by atoms with Crippen molar-refractivity contribution in [2.24, 2.45) is 0 Å². The Morgan fingerprint density at radius 2 is 0.504 bits per heavy atom. The molecule has 18 aromatic carbocycles. The van der Waals surface area contributed by atoms with E-state index < -0.39 is 24.2 Å². The Hall–Kier alpha value is -13.4. The summed E-state index contributed by atoms with van der Waals surface area (Å²) in [4.78, 5) is 0. The van der Waals surface area contributed by atoms with Gasteiger partial charge in [0.2, 0.25) is 0 Å². The molecular formula is C128H118Si3. The van der Waals surface area contributed by atoms with Gasteiger partial charge in [-0.2, -0.15) is 0 Å². The van der Waals surface area contributed by atoms with E-state index in [9.17, 15) is 0 Å². The molecule has 0 nitrogen and oxygen atoms in total. The lowest BCUT2D eigenvalue weighted by atomic mass is 9.79. The first-order valence-corrected chi connectivity index (χ1v) is 52.9. The Balaban J connectivity index is 0.000000103. The molecule has 3 heterocycles. The van der Waals surface area contributed by atoms with Gasteiger partial charge >= 0.3 is 0 Å². The second-order valence-electron chi connectivity index (χ2n) is 39.1. The van der Waals surface area contributed by atoms with Crippen molar-refractivity contribution < 1.29 is 0 Å². The lowest BCUT2D eigenvalue weighted by Crippen LogP contribution is -2.73. The monoisotopic (exact) mass is 1740 g/mol. The lowest BCUT2D eigenvalue weighted by Gasteiger charge is -2.32. The van der Waals surface area contributed by atoms with Crippen molar-refractivity contribution in [2.75, 3.05) is 0 Å². The van der Waals surface area contributed by atoms with E-state index in [1.54, 1.807) is 5.19 Å². The summed E-state index contributed by atoms with van der Waals surface area (Å²) in [5.41, 5.74) is 41.6. The van der Waals surface area contributed by atoms with E-state index in [0.29, 0.717) is 0 Å². The van der Waals surface area contributed by atoms with Crippen LogP contribution >= 0.6 is 0 Å². The van der Waals surface area contributed by atoms with Crippen LogP contribution in [-0.2, 0) is 16.2 Å². The predicted molar refractivity (Wildman–Crippen MR) is 571 cm³/mol. The highest BCUT2D eigenvalue weighted by Gasteiger charge is 2.52. The maximum Gasteiger partial charge on any atom is 0.181 e. The number of benzene rings is 18. The molecule has 0 N–H and O–H groups in total. The normalized spacial score (nSPS) is 14.5. The number of rotatable bonds is 6. The van der Waals surface area contributed by atoms with Crippen molar-refractivity contribution in [2.45, 2.75) is 134 Å². The highest BCUT2D eigenvalue weighted by atomic mass is 28.3. The second-order valence-corrected chi connectivity index (χ2v) is 50.2. The Bertz CT molecular complexity index is 7270. The van der Waals surface area contributed by atoms with Gasteiger partial charge in [0.05, 0.1) is 0 Å². The molecule has 0 aromatic heterocycles. The van der Waals surface area contributed by atoms with E-state index in [2.05, 4.69) is 524 Å². The van der Waals surface area contributed by atoms with Crippen molar-refractivity contribution in [3.63, 3.8) is 0 Å². The maximum absolute atomic E-state index is 2.43. The topological polar surface area (TPSA) is 0 Å². The van der Waals surface area contributed by atoms with E-state index in [0.717, 1.165) is 0 Å². The Labute approximate surface area is 782 Å². The average Bonchev–Trinajstić information content (AvgIpc) is 1.54. The smallest absolute Gasteiger partial charge is 0.0623 e. The standard InChI is InChI=1S/3C25H20Si.2C18H20.C17H18/c1-19-11-10-17-23-22-16-8-9-18-24(22)26(25(19)23,20-12-4-2-5-13-20)21-14-6-3-7-15-21;1-19-16-17-25-23(18-19)22-14-8-9-15-24(22)26(25,20-10-4-2-5-11-20)21-12-6-3-7-13-21;1-19-16-17-23-22-14-8-9-15-24(22)26(25(23)18-19,20-10-4-2-5-11-20)21-12-6-3-7-13-21;1-11-6-7-14-15-9-12(2)8-13(3)17(15)18(4,5)16(14)10-11;1-11-10-15-14-8-6-7-9-16(14)18(4,5)17(15)13(3)12(11)2;1-11-9-12(2)16-13-7-5-6-8-14(13)17(3,4)15(16)10-11/h3*2-18H,1H3;2*6-10H,1-5H3;5-10H,1-4H3. The molecule has 3 aliphatic heterocycles. The third kappa shape index (κ3) is 14.4. The van der Waals surface area contributed by atoms with Crippen molar-refractivity contribution in [3.8, 4) is 66.8 Å². The summed E-state index contributed by atoms with van der Waals surface area (Å²) in [5, 5.41) is 17.9. The molecule has 0 saturated carbocycles. The van der Waals surface area contributed by atoms with Crippen LogP contribution in [0.25, 0.3) is 66.8 Å². The minimum atomic E-state index is -2.27. The van der Waals surface area contributed by atoms with E-state index in [-0.39, 0.29) is 16.2 Å². The number of fused-ring (bicyclic) bond motifs is 18. The zero-order chi connectivity index (χ0) is 91.0. The molecule has 0 bridgehead atoms. The molecule has 0 fully saturated rings. The Kier molecular flexibility index (Phi) is 22.9. The second kappa shape index (κ2) is 34.5.